The van der Waals surface area contributed by atoms with Crippen LogP contribution in [0.25, 0.3) is 0 Å². The van der Waals surface area contributed by atoms with Gasteiger partial charge in [0.2, 0.25) is 5.91 Å². The maximum atomic E-state index is 11.8. The first-order valence-electron chi connectivity index (χ1n) is 6.69. The second-order valence-electron chi connectivity index (χ2n) is 4.52. The Balaban J connectivity index is 1.73. The number of imidazole rings is 1. The van der Waals surface area contributed by atoms with Crippen LogP contribution in [-0.4, -0.2) is 34.9 Å². The lowest BCUT2D eigenvalue weighted by Crippen LogP contribution is -2.27. The molecule has 1 heterocycles. The van der Waals surface area contributed by atoms with Crippen molar-refractivity contribution in [3.05, 3.63) is 42.2 Å². The molecule has 1 amide bonds. The summed E-state index contributed by atoms with van der Waals surface area (Å²) >= 11 is 1.43. The molecule has 2 rings (SSSR count). The van der Waals surface area contributed by atoms with E-state index in [0.717, 1.165) is 22.9 Å². The molecule has 0 spiro atoms. The number of benzene rings is 1. The molecule has 0 aliphatic carbocycles. The van der Waals surface area contributed by atoms with E-state index in [1.165, 1.54) is 11.8 Å². The predicted octanol–water partition coefficient (Wildman–Crippen LogP) is 1.88. The van der Waals surface area contributed by atoms with Gasteiger partial charge in [-0.2, -0.15) is 0 Å². The molecule has 0 atom stereocenters. The number of thioether (sulfide) groups is 1. The third kappa shape index (κ3) is 4.53. The molecule has 2 aromatic rings. The Hall–Kier alpha value is -1.95. The van der Waals surface area contributed by atoms with Crippen LogP contribution in [0.4, 0.5) is 0 Å². The minimum atomic E-state index is 0.0119. The molecule has 1 aromatic carbocycles. The van der Waals surface area contributed by atoms with Crippen LogP contribution in [0.2, 0.25) is 0 Å². The van der Waals surface area contributed by atoms with Gasteiger partial charge < -0.3 is 14.6 Å². The SMILES string of the molecule is COc1ccccc1CCNC(=O)CSc1nccn1C. The lowest BCUT2D eigenvalue weighted by Gasteiger charge is -2.09. The van der Waals surface area contributed by atoms with E-state index in [9.17, 15) is 4.79 Å². The molecule has 21 heavy (non-hydrogen) atoms. The fourth-order valence-corrected chi connectivity index (χ4v) is 2.68. The highest BCUT2D eigenvalue weighted by Gasteiger charge is 2.06. The average molecular weight is 305 g/mol. The zero-order valence-corrected chi connectivity index (χ0v) is 13.0. The minimum absolute atomic E-state index is 0.0119. The number of aryl methyl sites for hydroxylation is 1. The van der Waals surface area contributed by atoms with E-state index in [-0.39, 0.29) is 5.91 Å². The first-order chi connectivity index (χ1) is 10.2. The maximum absolute atomic E-state index is 11.8. The van der Waals surface area contributed by atoms with Crippen molar-refractivity contribution >= 4 is 17.7 Å². The quantitative estimate of drug-likeness (QED) is 0.794. The van der Waals surface area contributed by atoms with Gasteiger partial charge in [0.1, 0.15) is 5.75 Å². The molecule has 1 N–H and O–H groups in total. The van der Waals surface area contributed by atoms with Crippen molar-refractivity contribution in [3.8, 4) is 5.75 Å². The fourth-order valence-electron chi connectivity index (χ4n) is 1.92. The lowest BCUT2D eigenvalue weighted by molar-refractivity contribution is -0.118. The van der Waals surface area contributed by atoms with Gasteiger partial charge in [-0.3, -0.25) is 4.79 Å². The van der Waals surface area contributed by atoms with Crippen LogP contribution < -0.4 is 10.1 Å². The molecule has 0 unspecified atom stereocenters. The molecule has 6 heteroatoms. The number of rotatable bonds is 7. The fraction of sp³-hybridized carbons (Fsp3) is 0.333. The van der Waals surface area contributed by atoms with E-state index in [4.69, 9.17) is 4.74 Å². The number of nitrogens with zero attached hydrogens (tertiary/aromatic N) is 2. The number of nitrogens with one attached hydrogen (secondary N) is 1. The minimum Gasteiger partial charge on any atom is -0.496 e. The van der Waals surface area contributed by atoms with Crippen molar-refractivity contribution in [3.63, 3.8) is 0 Å². The summed E-state index contributed by atoms with van der Waals surface area (Å²) in [5.74, 6) is 1.24. The number of hydrogen-bond acceptors (Lipinski definition) is 4. The van der Waals surface area contributed by atoms with Crippen LogP contribution in [-0.2, 0) is 18.3 Å². The van der Waals surface area contributed by atoms with Crippen LogP contribution >= 0.6 is 11.8 Å². The van der Waals surface area contributed by atoms with Gasteiger partial charge in [-0.25, -0.2) is 4.98 Å². The van der Waals surface area contributed by atoms with E-state index < -0.39 is 0 Å². The summed E-state index contributed by atoms with van der Waals surface area (Å²) in [7, 11) is 3.57. The van der Waals surface area contributed by atoms with Gasteiger partial charge in [0.25, 0.3) is 0 Å². The molecule has 0 fully saturated rings. The van der Waals surface area contributed by atoms with Crippen molar-refractivity contribution in [2.24, 2.45) is 7.05 Å². The summed E-state index contributed by atoms with van der Waals surface area (Å²) in [5, 5.41) is 3.75. The summed E-state index contributed by atoms with van der Waals surface area (Å²) in [6, 6.07) is 7.84. The van der Waals surface area contributed by atoms with Gasteiger partial charge in [-0.15, -0.1) is 0 Å². The Bertz CT molecular complexity index is 598. The van der Waals surface area contributed by atoms with Gasteiger partial charge in [0, 0.05) is 26.0 Å². The number of carbonyl (C=O) groups is 1. The molecular weight excluding hydrogens is 286 g/mol. The van der Waals surface area contributed by atoms with Crippen LogP contribution in [0.15, 0.2) is 41.8 Å². The van der Waals surface area contributed by atoms with Crippen LogP contribution in [0.5, 0.6) is 5.75 Å². The third-order valence-corrected chi connectivity index (χ3v) is 4.08. The third-order valence-electron chi connectivity index (χ3n) is 3.02. The van der Waals surface area contributed by atoms with E-state index in [1.807, 2.05) is 42.1 Å². The van der Waals surface area contributed by atoms with Crippen molar-refractivity contribution in [1.29, 1.82) is 0 Å². The molecule has 112 valence electrons. The van der Waals surface area contributed by atoms with Crippen molar-refractivity contribution < 1.29 is 9.53 Å². The van der Waals surface area contributed by atoms with Crippen LogP contribution in [0, 0.1) is 0 Å². The average Bonchev–Trinajstić information content (AvgIpc) is 2.91. The number of hydrogen-bond donors (Lipinski definition) is 1. The molecule has 1 aromatic heterocycles. The second-order valence-corrected chi connectivity index (χ2v) is 5.46. The summed E-state index contributed by atoms with van der Waals surface area (Å²) < 4.78 is 7.18. The van der Waals surface area contributed by atoms with Gasteiger partial charge in [0.15, 0.2) is 5.16 Å². The van der Waals surface area contributed by atoms with Crippen LogP contribution in [0.3, 0.4) is 0 Å². The Morgan fingerprint density at radius 3 is 2.95 bits per heavy atom. The van der Waals surface area contributed by atoms with E-state index in [2.05, 4.69) is 10.3 Å². The zero-order valence-electron chi connectivity index (χ0n) is 12.2. The van der Waals surface area contributed by atoms with Crippen molar-refractivity contribution in [1.82, 2.24) is 14.9 Å². The maximum Gasteiger partial charge on any atom is 0.230 e. The van der Waals surface area contributed by atoms with Gasteiger partial charge in [-0.1, -0.05) is 30.0 Å². The number of amides is 1. The summed E-state index contributed by atoms with van der Waals surface area (Å²) in [5.41, 5.74) is 1.09. The largest absolute Gasteiger partial charge is 0.496 e. The second kappa shape index (κ2) is 7.73. The van der Waals surface area contributed by atoms with Gasteiger partial charge >= 0.3 is 0 Å². The smallest absolute Gasteiger partial charge is 0.230 e. The highest BCUT2D eigenvalue weighted by atomic mass is 32.2. The van der Waals surface area contributed by atoms with E-state index >= 15 is 0 Å². The van der Waals surface area contributed by atoms with Crippen LogP contribution in [0.1, 0.15) is 5.56 Å². The molecule has 5 nitrogen and oxygen atoms in total. The van der Waals surface area contributed by atoms with Gasteiger partial charge in [-0.05, 0) is 18.1 Å². The number of ether oxygens (including phenoxy) is 1. The van der Waals surface area contributed by atoms with Gasteiger partial charge in [0.05, 0.1) is 12.9 Å². The number of aromatic nitrogens is 2. The Morgan fingerprint density at radius 2 is 2.24 bits per heavy atom. The first-order valence-corrected chi connectivity index (χ1v) is 7.68. The topological polar surface area (TPSA) is 56.1 Å². The number of methoxy groups -OCH3 is 1. The molecule has 0 aliphatic heterocycles. The highest BCUT2D eigenvalue weighted by Crippen LogP contribution is 2.17. The van der Waals surface area contributed by atoms with E-state index in [1.54, 1.807) is 13.3 Å². The Morgan fingerprint density at radius 1 is 1.43 bits per heavy atom. The molecule has 0 radical (unpaired) electrons. The molecule has 0 saturated heterocycles. The summed E-state index contributed by atoms with van der Waals surface area (Å²) in [4.78, 5) is 16.0. The zero-order chi connectivity index (χ0) is 15.1. The normalized spacial score (nSPS) is 10.4. The molecule has 0 aliphatic rings. The highest BCUT2D eigenvalue weighted by molar-refractivity contribution is 7.99. The van der Waals surface area contributed by atoms with Crippen molar-refractivity contribution in [2.75, 3.05) is 19.4 Å². The van der Waals surface area contributed by atoms with E-state index in [0.29, 0.717) is 12.3 Å². The molecule has 0 bridgehead atoms. The number of para-hydroxylation sites is 1. The predicted molar refractivity (Wildman–Crippen MR) is 83.6 cm³/mol. The Labute approximate surface area is 128 Å². The molecule has 0 saturated carbocycles. The summed E-state index contributed by atoms with van der Waals surface area (Å²) in [6.45, 7) is 0.598. The summed E-state index contributed by atoms with van der Waals surface area (Å²) in [6.07, 6.45) is 4.34. The van der Waals surface area contributed by atoms with Crippen molar-refractivity contribution in [2.45, 2.75) is 11.6 Å². The lowest BCUT2D eigenvalue weighted by atomic mass is 10.1. The molecular formula is C15H19N3O2S. The standard InChI is InChI=1S/C15H19N3O2S/c1-18-10-9-17-15(18)21-11-14(19)16-8-7-12-5-3-4-6-13(12)20-2/h3-6,9-10H,7-8,11H2,1-2H3,(H,16,19). The first kappa shape index (κ1) is 15.4. The monoisotopic (exact) mass is 305 g/mol. The Kier molecular flexibility index (Phi) is 5.68. The number of carbonyl (C=O) groups excluding carboxylic acids is 1.